The highest BCUT2D eigenvalue weighted by Gasteiger charge is 2.16. The van der Waals surface area contributed by atoms with Gasteiger partial charge >= 0.3 is 0 Å². The second kappa shape index (κ2) is 3.86. The van der Waals surface area contributed by atoms with Crippen molar-refractivity contribution < 1.29 is 4.73 Å². The molecule has 1 aromatic heterocycles. The molecule has 0 N–H and O–H groups in total. The summed E-state index contributed by atoms with van der Waals surface area (Å²) in [5, 5.41) is 10.9. The number of anilines is 1. The first-order valence-corrected chi connectivity index (χ1v) is 5.19. The van der Waals surface area contributed by atoms with Crippen molar-refractivity contribution in [3.8, 4) is 0 Å². The lowest BCUT2D eigenvalue weighted by Gasteiger charge is -2.31. The molecule has 0 unspecified atom stereocenters. The lowest BCUT2D eigenvalue weighted by Crippen LogP contribution is -2.33. The van der Waals surface area contributed by atoms with Crippen molar-refractivity contribution in [2.24, 2.45) is 5.92 Å². The van der Waals surface area contributed by atoms with Crippen LogP contribution in [0.25, 0.3) is 0 Å². The minimum absolute atomic E-state index is 0.829. The molecule has 76 valence electrons. The van der Waals surface area contributed by atoms with E-state index in [1.54, 1.807) is 12.4 Å². The Bertz CT molecular complexity index is 289. The highest BCUT2D eigenvalue weighted by Crippen LogP contribution is 2.21. The van der Waals surface area contributed by atoms with Crippen LogP contribution in [0.4, 0.5) is 5.69 Å². The largest absolute Gasteiger partial charge is 0.619 e. The van der Waals surface area contributed by atoms with E-state index in [0.29, 0.717) is 0 Å². The Morgan fingerprint density at radius 1 is 1.29 bits per heavy atom. The van der Waals surface area contributed by atoms with E-state index in [-0.39, 0.29) is 0 Å². The van der Waals surface area contributed by atoms with Crippen LogP contribution < -0.4 is 9.63 Å². The van der Waals surface area contributed by atoms with Crippen LogP contribution in [0.15, 0.2) is 24.5 Å². The highest BCUT2D eigenvalue weighted by molar-refractivity contribution is 5.44. The Morgan fingerprint density at radius 2 is 1.86 bits per heavy atom. The summed E-state index contributed by atoms with van der Waals surface area (Å²) >= 11 is 0. The number of rotatable bonds is 1. The second-order valence-corrected chi connectivity index (χ2v) is 4.09. The Labute approximate surface area is 84.6 Å². The maximum atomic E-state index is 10.9. The number of aromatic nitrogens is 1. The molecule has 0 bridgehead atoms. The van der Waals surface area contributed by atoms with Gasteiger partial charge in [0.25, 0.3) is 0 Å². The molecule has 1 aromatic rings. The smallest absolute Gasteiger partial charge is 0.182 e. The zero-order chi connectivity index (χ0) is 9.97. The van der Waals surface area contributed by atoms with Crippen LogP contribution in [0, 0.1) is 11.1 Å². The molecule has 3 nitrogen and oxygen atoms in total. The van der Waals surface area contributed by atoms with Gasteiger partial charge < -0.3 is 10.1 Å². The third-order valence-electron chi connectivity index (χ3n) is 2.93. The average Bonchev–Trinajstić information content (AvgIpc) is 2.21. The van der Waals surface area contributed by atoms with Crippen LogP contribution in [-0.4, -0.2) is 13.1 Å². The summed E-state index contributed by atoms with van der Waals surface area (Å²) in [5.41, 5.74) is 1.17. The monoisotopic (exact) mass is 192 g/mol. The molecule has 1 aliphatic heterocycles. The fraction of sp³-hybridized carbons (Fsp3) is 0.545. The molecule has 1 aliphatic rings. The number of hydrogen-bond donors (Lipinski definition) is 0. The maximum Gasteiger partial charge on any atom is 0.182 e. The van der Waals surface area contributed by atoms with E-state index >= 15 is 0 Å². The molecule has 2 heterocycles. The molecular formula is C11H16N2O. The van der Waals surface area contributed by atoms with Crippen LogP contribution >= 0.6 is 0 Å². The van der Waals surface area contributed by atoms with Gasteiger partial charge in [0.15, 0.2) is 12.4 Å². The molecule has 0 amide bonds. The summed E-state index contributed by atoms with van der Waals surface area (Å²) in [5.74, 6) is 0.847. The van der Waals surface area contributed by atoms with Crippen molar-refractivity contribution >= 4 is 5.69 Å². The fourth-order valence-corrected chi connectivity index (χ4v) is 1.88. The third-order valence-corrected chi connectivity index (χ3v) is 2.93. The van der Waals surface area contributed by atoms with Crippen molar-refractivity contribution in [1.29, 1.82) is 0 Å². The van der Waals surface area contributed by atoms with E-state index in [4.69, 9.17) is 0 Å². The number of pyridine rings is 1. The average molecular weight is 192 g/mol. The first-order chi connectivity index (χ1) is 6.75. The number of nitrogens with zero attached hydrogens (tertiary/aromatic N) is 2. The molecule has 2 rings (SSSR count). The molecule has 0 radical (unpaired) electrons. The lowest BCUT2D eigenvalue weighted by atomic mass is 9.99. The van der Waals surface area contributed by atoms with Gasteiger partial charge in [-0.05, 0) is 18.8 Å². The summed E-state index contributed by atoms with van der Waals surface area (Å²) in [6.07, 6.45) is 5.64. The van der Waals surface area contributed by atoms with Crippen molar-refractivity contribution in [1.82, 2.24) is 0 Å². The van der Waals surface area contributed by atoms with E-state index in [2.05, 4.69) is 11.8 Å². The van der Waals surface area contributed by atoms with Crippen LogP contribution in [0.5, 0.6) is 0 Å². The first-order valence-electron chi connectivity index (χ1n) is 5.19. The number of piperidine rings is 1. The van der Waals surface area contributed by atoms with E-state index in [0.717, 1.165) is 23.7 Å². The molecule has 1 fully saturated rings. The van der Waals surface area contributed by atoms with Gasteiger partial charge in [-0.1, -0.05) is 6.92 Å². The minimum Gasteiger partial charge on any atom is -0.619 e. The predicted molar refractivity (Wildman–Crippen MR) is 56.0 cm³/mol. The Kier molecular flexibility index (Phi) is 2.57. The zero-order valence-corrected chi connectivity index (χ0v) is 8.52. The van der Waals surface area contributed by atoms with Gasteiger partial charge in [0.2, 0.25) is 0 Å². The van der Waals surface area contributed by atoms with Crippen molar-refractivity contribution in [2.75, 3.05) is 18.0 Å². The maximum absolute atomic E-state index is 10.9. The van der Waals surface area contributed by atoms with Gasteiger partial charge in [0.1, 0.15) is 0 Å². The summed E-state index contributed by atoms with van der Waals surface area (Å²) in [4.78, 5) is 2.35. The number of hydrogen-bond acceptors (Lipinski definition) is 2. The predicted octanol–water partition coefficient (Wildman–Crippen LogP) is 1.56. The van der Waals surface area contributed by atoms with Gasteiger partial charge in [0, 0.05) is 30.9 Å². The molecule has 1 saturated heterocycles. The Morgan fingerprint density at radius 3 is 2.43 bits per heavy atom. The standard InChI is InChI=1S/C11H16N2O/c1-10-2-6-12(7-3-10)11-4-8-13(14)9-5-11/h4-5,8-10H,2-3,6-7H2,1H3. The SMILES string of the molecule is CC1CCN(c2cc[n+]([O-])cc2)CC1. The molecule has 3 heteroatoms. The summed E-state index contributed by atoms with van der Waals surface area (Å²) in [6, 6.07) is 3.78. The summed E-state index contributed by atoms with van der Waals surface area (Å²) in [7, 11) is 0. The van der Waals surface area contributed by atoms with E-state index < -0.39 is 0 Å². The van der Waals surface area contributed by atoms with Crippen LogP contribution in [0.1, 0.15) is 19.8 Å². The van der Waals surface area contributed by atoms with Gasteiger partial charge in [-0.15, -0.1) is 0 Å². The van der Waals surface area contributed by atoms with Crippen LogP contribution in [-0.2, 0) is 0 Å². The zero-order valence-electron chi connectivity index (χ0n) is 8.52. The molecule has 0 atom stereocenters. The molecule has 0 aliphatic carbocycles. The topological polar surface area (TPSA) is 30.2 Å². The van der Waals surface area contributed by atoms with Crippen molar-refractivity contribution in [3.05, 3.63) is 29.7 Å². The molecule has 0 spiro atoms. The molecule has 0 saturated carbocycles. The molecule has 0 aromatic carbocycles. The lowest BCUT2D eigenvalue weighted by molar-refractivity contribution is -0.605. The van der Waals surface area contributed by atoms with Gasteiger partial charge in [0.05, 0.1) is 0 Å². The fourth-order valence-electron chi connectivity index (χ4n) is 1.88. The third kappa shape index (κ3) is 1.97. The first kappa shape index (κ1) is 9.31. The Hall–Kier alpha value is -1.25. The van der Waals surface area contributed by atoms with Crippen LogP contribution in [0.2, 0.25) is 0 Å². The quantitative estimate of drug-likeness (QED) is 0.499. The van der Waals surface area contributed by atoms with Gasteiger partial charge in [-0.25, -0.2) is 0 Å². The molecule has 14 heavy (non-hydrogen) atoms. The molecular weight excluding hydrogens is 176 g/mol. The summed E-state index contributed by atoms with van der Waals surface area (Å²) in [6.45, 7) is 4.53. The highest BCUT2D eigenvalue weighted by atomic mass is 16.5. The van der Waals surface area contributed by atoms with Gasteiger partial charge in [-0.2, -0.15) is 4.73 Å². The van der Waals surface area contributed by atoms with E-state index in [1.165, 1.54) is 18.5 Å². The normalized spacial score (nSPS) is 18.5. The van der Waals surface area contributed by atoms with E-state index in [1.807, 2.05) is 12.1 Å². The van der Waals surface area contributed by atoms with E-state index in [9.17, 15) is 5.21 Å². The summed E-state index contributed by atoms with van der Waals surface area (Å²) < 4.78 is 0.829. The van der Waals surface area contributed by atoms with Crippen molar-refractivity contribution in [3.63, 3.8) is 0 Å². The van der Waals surface area contributed by atoms with Crippen molar-refractivity contribution in [2.45, 2.75) is 19.8 Å². The second-order valence-electron chi connectivity index (χ2n) is 4.09. The Balaban J connectivity index is 2.05. The van der Waals surface area contributed by atoms with Gasteiger partial charge in [-0.3, -0.25) is 0 Å². The van der Waals surface area contributed by atoms with Crippen LogP contribution in [0.3, 0.4) is 0 Å². The minimum atomic E-state index is 0.829.